The van der Waals surface area contributed by atoms with E-state index in [4.69, 9.17) is 4.74 Å². The topological polar surface area (TPSA) is 63.5 Å². The van der Waals surface area contributed by atoms with Crippen LogP contribution in [0.2, 0.25) is 0 Å². The number of hydrogen-bond acceptors (Lipinski definition) is 3. The SMILES string of the molecule is CCCCOCCCNC(=NCCCn1cc(C)cn1)NCC. The number of aliphatic imine (C=N–C) groups is 1. The maximum absolute atomic E-state index is 5.56. The number of hydrogen-bond donors (Lipinski definition) is 2. The lowest BCUT2D eigenvalue weighted by atomic mass is 10.4. The summed E-state index contributed by atoms with van der Waals surface area (Å²) in [5.74, 6) is 0.887. The van der Waals surface area contributed by atoms with Gasteiger partial charge in [-0.1, -0.05) is 13.3 Å². The number of aryl methyl sites for hydroxylation is 2. The van der Waals surface area contributed by atoms with Gasteiger partial charge in [-0.25, -0.2) is 0 Å². The van der Waals surface area contributed by atoms with Gasteiger partial charge in [0.25, 0.3) is 0 Å². The summed E-state index contributed by atoms with van der Waals surface area (Å²) in [6, 6.07) is 0. The summed E-state index contributed by atoms with van der Waals surface area (Å²) >= 11 is 0. The van der Waals surface area contributed by atoms with Gasteiger partial charge in [-0.3, -0.25) is 9.67 Å². The predicted octanol–water partition coefficient (Wildman–Crippen LogP) is 2.34. The van der Waals surface area contributed by atoms with Crippen LogP contribution in [0.5, 0.6) is 0 Å². The molecular weight excluding hydrogens is 290 g/mol. The Hall–Kier alpha value is -1.56. The highest BCUT2D eigenvalue weighted by atomic mass is 16.5. The minimum atomic E-state index is 0.793. The zero-order valence-corrected chi connectivity index (χ0v) is 15.0. The Bertz CT molecular complexity index is 430. The van der Waals surface area contributed by atoms with Gasteiger partial charge < -0.3 is 15.4 Å². The first kappa shape index (κ1) is 19.5. The molecule has 0 aliphatic heterocycles. The smallest absolute Gasteiger partial charge is 0.191 e. The largest absolute Gasteiger partial charge is 0.381 e. The summed E-state index contributed by atoms with van der Waals surface area (Å²) in [5.41, 5.74) is 1.20. The fourth-order valence-corrected chi connectivity index (χ4v) is 2.08. The third-order valence-electron chi connectivity index (χ3n) is 3.32. The Kier molecular flexibility index (Phi) is 11.0. The molecule has 1 aromatic heterocycles. The van der Waals surface area contributed by atoms with E-state index in [1.165, 1.54) is 12.0 Å². The molecule has 0 saturated carbocycles. The van der Waals surface area contributed by atoms with Gasteiger partial charge in [0, 0.05) is 45.6 Å². The molecule has 0 fully saturated rings. The van der Waals surface area contributed by atoms with Gasteiger partial charge in [0.2, 0.25) is 0 Å². The molecule has 0 unspecified atom stereocenters. The van der Waals surface area contributed by atoms with E-state index < -0.39 is 0 Å². The van der Waals surface area contributed by atoms with Crippen LogP contribution in [0, 0.1) is 6.92 Å². The minimum Gasteiger partial charge on any atom is -0.381 e. The highest BCUT2D eigenvalue weighted by molar-refractivity contribution is 5.79. The zero-order chi connectivity index (χ0) is 16.8. The number of guanidine groups is 1. The Morgan fingerprint density at radius 2 is 2.04 bits per heavy atom. The van der Waals surface area contributed by atoms with Crippen molar-refractivity contribution < 1.29 is 4.74 Å². The average Bonchev–Trinajstić information content (AvgIpc) is 2.96. The van der Waals surface area contributed by atoms with Crippen LogP contribution in [-0.4, -0.2) is 48.6 Å². The van der Waals surface area contributed by atoms with Crippen LogP contribution in [0.15, 0.2) is 17.4 Å². The van der Waals surface area contributed by atoms with E-state index in [1.54, 1.807) is 0 Å². The van der Waals surface area contributed by atoms with Gasteiger partial charge in [0.1, 0.15) is 0 Å². The highest BCUT2D eigenvalue weighted by Gasteiger charge is 1.98. The second kappa shape index (κ2) is 12.9. The molecule has 1 aromatic rings. The van der Waals surface area contributed by atoms with Crippen molar-refractivity contribution in [3.05, 3.63) is 18.0 Å². The van der Waals surface area contributed by atoms with Crippen LogP contribution >= 0.6 is 0 Å². The summed E-state index contributed by atoms with van der Waals surface area (Å²) in [6.45, 7) is 11.5. The lowest BCUT2D eigenvalue weighted by Crippen LogP contribution is -2.38. The maximum atomic E-state index is 5.56. The lowest BCUT2D eigenvalue weighted by molar-refractivity contribution is 0.129. The summed E-state index contributed by atoms with van der Waals surface area (Å²) in [7, 11) is 0. The molecule has 1 rings (SSSR count). The molecule has 2 N–H and O–H groups in total. The molecule has 0 radical (unpaired) electrons. The second-order valence-electron chi connectivity index (χ2n) is 5.64. The number of nitrogens with one attached hydrogen (secondary N) is 2. The number of nitrogens with zero attached hydrogens (tertiary/aromatic N) is 3. The Labute approximate surface area is 140 Å². The lowest BCUT2D eigenvalue weighted by Gasteiger charge is -2.11. The van der Waals surface area contributed by atoms with Gasteiger partial charge in [0.15, 0.2) is 5.96 Å². The number of unbranched alkanes of at least 4 members (excludes halogenated alkanes) is 1. The van der Waals surface area contributed by atoms with Crippen LogP contribution in [0.3, 0.4) is 0 Å². The predicted molar refractivity (Wildman–Crippen MR) is 95.9 cm³/mol. The molecule has 0 atom stereocenters. The molecule has 0 saturated heterocycles. The minimum absolute atomic E-state index is 0.793. The summed E-state index contributed by atoms with van der Waals surface area (Å²) in [6.07, 6.45) is 8.27. The van der Waals surface area contributed by atoms with Crippen LogP contribution in [-0.2, 0) is 11.3 Å². The summed E-state index contributed by atoms with van der Waals surface area (Å²) < 4.78 is 7.53. The van der Waals surface area contributed by atoms with Gasteiger partial charge in [-0.05, 0) is 38.7 Å². The van der Waals surface area contributed by atoms with Crippen LogP contribution in [0.4, 0.5) is 0 Å². The van der Waals surface area contributed by atoms with E-state index >= 15 is 0 Å². The van der Waals surface area contributed by atoms with Crippen LogP contribution in [0.25, 0.3) is 0 Å². The van der Waals surface area contributed by atoms with Gasteiger partial charge in [-0.2, -0.15) is 5.10 Å². The monoisotopic (exact) mass is 323 g/mol. The summed E-state index contributed by atoms with van der Waals surface area (Å²) in [4.78, 5) is 4.60. The van der Waals surface area contributed by atoms with Crippen molar-refractivity contribution in [1.29, 1.82) is 0 Å². The molecule has 6 heteroatoms. The molecule has 23 heavy (non-hydrogen) atoms. The standard InChI is InChI=1S/C17H33N5O/c1-4-6-12-23-13-8-10-20-17(18-5-2)19-9-7-11-22-15-16(3)14-21-22/h14-15H,4-13H2,1-3H3,(H2,18,19,20). The van der Waals surface area contributed by atoms with E-state index in [0.29, 0.717) is 0 Å². The number of rotatable bonds is 12. The molecule has 1 heterocycles. The van der Waals surface area contributed by atoms with Crippen LogP contribution in [0.1, 0.15) is 45.1 Å². The third-order valence-corrected chi connectivity index (χ3v) is 3.32. The van der Waals surface area contributed by atoms with Crippen molar-refractivity contribution in [2.75, 3.05) is 32.8 Å². The zero-order valence-electron chi connectivity index (χ0n) is 15.0. The third kappa shape index (κ3) is 9.94. The number of aromatic nitrogens is 2. The normalized spacial score (nSPS) is 11.7. The van der Waals surface area contributed by atoms with Gasteiger partial charge in [-0.15, -0.1) is 0 Å². The first-order valence-corrected chi connectivity index (χ1v) is 8.85. The van der Waals surface area contributed by atoms with E-state index in [9.17, 15) is 0 Å². The Morgan fingerprint density at radius 1 is 1.22 bits per heavy atom. The van der Waals surface area contributed by atoms with Crippen LogP contribution < -0.4 is 10.6 Å². The molecular formula is C17H33N5O. The van der Waals surface area contributed by atoms with Crippen molar-refractivity contribution in [2.45, 2.75) is 53.0 Å². The first-order chi connectivity index (χ1) is 11.3. The molecule has 6 nitrogen and oxygen atoms in total. The number of ether oxygens (including phenoxy) is 1. The summed E-state index contributed by atoms with van der Waals surface area (Å²) in [5, 5.41) is 10.9. The highest BCUT2D eigenvalue weighted by Crippen LogP contribution is 1.96. The molecule has 0 amide bonds. The van der Waals surface area contributed by atoms with Gasteiger partial charge in [0.05, 0.1) is 6.20 Å². The second-order valence-corrected chi connectivity index (χ2v) is 5.64. The molecule has 0 bridgehead atoms. The molecule has 0 aromatic carbocycles. The Morgan fingerprint density at radius 3 is 2.74 bits per heavy atom. The first-order valence-electron chi connectivity index (χ1n) is 8.85. The Balaban J connectivity index is 2.14. The van der Waals surface area contributed by atoms with Crippen molar-refractivity contribution in [3.63, 3.8) is 0 Å². The van der Waals surface area contributed by atoms with Gasteiger partial charge >= 0.3 is 0 Å². The molecule has 0 aliphatic rings. The molecule has 132 valence electrons. The quantitative estimate of drug-likeness (QED) is 0.352. The van der Waals surface area contributed by atoms with E-state index in [-0.39, 0.29) is 0 Å². The van der Waals surface area contributed by atoms with Crippen molar-refractivity contribution in [2.24, 2.45) is 4.99 Å². The van der Waals surface area contributed by atoms with Crippen molar-refractivity contribution in [3.8, 4) is 0 Å². The van der Waals surface area contributed by atoms with E-state index in [2.05, 4.69) is 47.7 Å². The van der Waals surface area contributed by atoms with Crippen molar-refractivity contribution >= 4 is 5.96 Å². The maximum Gasteiger partial charge on any atom is 0.191 e. The van der Waals surface area contributed by atoms with E-state index in [1.807, 2.05) is 10.9 Å². The molecule has 0 aliphatic carbocycles. The fraction of sp³-hybridized carbons (Fsp3) is 0.765. The molecule has 0 spiro atoms. The van der Waals surface area contributed by atoms with Crippen molar-refractivity contribution in [1.82, 2.24) is 20.4 Å². The van der Waals surface area contributed by atoms with E-state index in [0.717, 1.165) is 64.6 Å². The average molecular weight is 323 g/mol. The fourth-order valence-electron chi connectivity index (χ4n) is 2.08.